The second-order valence-corrected chi connectivity index (χ2v) is 10.1. The number of aliphatic carboxylic acids is 1. The van der Waals surface area contributed by atoms with Crippen molar-refractivity contribution in [3.8, 4) is 5.75 Å². The number of hydrogen-bond donors (Lipinski definition) is 1. The molecule has 1 atom stereocenters. The molecular formula is C25H23N3O7S. The maximum atomic E-state index is 13.8. The highest BCUT2D eigenvalue weighted by Crippen LogP contribution is 2.35. The van der Waals surface area contributed by atoms with Gasteiger partial charge in [-0.15, -0.1) is 0 Å². The second kappa shape index (κ2) is 9.42. The number of imide groups is 1. The fraction of sp³-hybridized carbons (Fsp3) is 0.200. The molecule has 186 valence electrons. The number of fused-ring (bicyclic) bond motifs is 1. The number of carboxylic acid groups (broad SMARTS) is 1. The number of anilines is 1. The van der Waals surface area contributed by atoms with Gasteiger partial charge in [0.1, 0.15) is 5.75 Å². The van der Waals surface area contributed by atoms with Gasteiger partial charge in [-0.2, -0.15) is 0 Å². The molecule has 1 aromatic heterocycles. The lowest BCUT2D eigenvalue weighted by molar-refractivity contribution is -0.142. The molecule has 1 N–H and O–H groups in total. The molecule has 0 radical (unpaired) electrons. The van der Waals surface area contributed by atoms with Crippen LogP contribution in [0, 0.1) is 0 Å². The first-order valence-corrected chi connectivity index (χ1v) is 12.3. The number of rotatable bonds is 9. The van der Waals surface area contributed by atoms with Crippen LogP contribution in [0.3, 0.4) is 0 Å². The summed E-state index contributed by atoms with van der Waals surface area (Å²) in [7, 11) is -3.00. The van der Waals surface area contributed by atoms with Crippen LogP contribution in [0.4, 0.5) is 5.69 Å². The van der Waals surface area contributed by atoms with E-state index in [9.17, 15) is 27.9 Å². The quantitative estimate of drug-likeness (QED) is 0.435. The van der Waals surface area contributed by atoms with E-state index in [1.807, 2.05) is 0 Å². The number of carbonyl (C=O) groups is 3. The highest BCUT2D eigenvalue weighted by Gasteiger charge is 2.48. The number of methoxy groups -OCH3 is 1. The molecule has 3 aromatic rings. The summed E-state index contributed by atoms with van der Waals surface area (Å²) in [5, 5.41) is 10.3. The van der Waals surface area contributed by atoms with E-state index in [4.69, 9.17) is 4.74 Å². The van der Waals surface area contributed by atoms with Gasteiger partial charge in [-0.3, -0.25) is 19.5 Å². The maximum absolute atomic E-state index is 13.8. The molecule has 2 aromatic carbocycles. The standard InChI is InChI=1S/C25H23N3O7S/c1-25(24(31)32,13-15-27-22(29)20-7-3-4-8-21(20)23(27)30)28(17-6-5-14-26-16-17)36(33,34)19-11-9-18(35-2)10-12-19/h3-12,14,16H,13,15H2,1-2H3,(H,31,32). The normalized spacial score (nSPS) is 14.8. The molecule has 11 heteroatoms. The van der Waals surface area contributed by atoms with Crippen molar-refractivity contribution in [3.05, 3.63) is 84.2 Å². The molecular weight excluding hydrogens is 486 g/mol. The van der Waals surface area contributed by atoms with Gasteiger partial charge < -0.3 is 9.84 Å². The minimum Gasteiger partial charge on any atom is -0.497 e. The van der Waals surface area contributed by atoms with Crippen molar-refractivity contribution in [1.29, 1.82) is 0 Å². The third-order valence-corrected chi connectivity index (χ3v) is 8.05. The van der Waals surface area contributed by atoms with Crippen LogP contribution in [0.25, 0.3) is 0 Å². The summed E-state index contributed by atoms with van der Waals surface area (Å²) in [6.07, 6.45) is 2.29. The van der Waals surface area contributed by atoms with Crippen LogP contribution in [0.2, 0.25) is 0 Å². The van der Waals surface area contributed by atoms with Crippen LogP contribution in [-0.2, 0) is 14.8 Å². The fourth-order valence-corrected chi connectivity index (χ4v) is 5.86. The Morgan fingerprint density at radius 1 is 1.03 bits per heavy atom. The predicted molar refractivity (Wildman–Crippen MR) is 129 cm³/mol. The number of amides is 2. The Hall–Kier alpha value is -4.25. The lowest BCUT2D eigenvalue weighted by atomic mass is 9.97. The Bertz CT molecular complexity index is 1390. The Balaban J connectivity index is 1.75. The van der Waals surface area contributed by atoms with Crippen LogP contribution < -0.4 is 9.04 Å². The lowest BCUT2D eigenvalue weighted by Crippen LogP contribution is -2.57. The molecule has 0 bridgehead atoms. The van der Waals surface area contributed by atoms with Gasteiger partial charge in [-0.25, -0.2) is 17.5 Å². The highest BCUT2D eigenvalue weighted by molar-refractivity contribution is 7.93. The van der Waals surface area contributed by atoms with Gasteiger partial charge in [0.2, 0.25) is 0 Å². The van der Waals surface area contributed by atoms with Crippen LogP contribution in [0.15, 0.2) is 78.0 Å². The summed E-state index contributed by atoms with van der Waals surface area (Å²) in [5.41, 5.74) is -1.64. The number of nitrogens with zero attached hydrogens (tertiary/aromatic N) is 3. The third kappa shape index (κ3) is 4.17. The average Bonchev–Trinajstić information content (AvgIpc) is 3.12. The molecule has 1 unspecified atom stereocenters. The van der Waals surface area contributed by atoms with E-state index < -0.39 is 33.3 Å². The minimum atomic E-state index is -4.44. The second-order valence-electron chi connectivity index (χ2n) is 8.29. The van der Waals surface area contributed by atoms with Crippen molar-refractivity contribution in [2.24, 2.45) is 0 Å². The summed E-state index contributed by atoms with van der Waals surface area (Å²) in [6.45, 7) is 0.922. The molecule has 0 spiro atoms. The number of aromatic nitrogens is 1. The smallest absolute Gasteiger partial charge is 0.330 e. The molecule has 36 heavy (non-hydrogen) atoms. The summed E-state index contributed by atoms with van der Waals surface area (Å²) in [6, 6.07) is 14.7. The summed E-state index contributed by atoms with van der Waals surface area (Å²) >= 11 is 0. The number of hydrogen-bond acceptors (Lipinski definition) is 7. The summed E-state index contributed by atoms with van der Waals surface area (Å²) in [4.78, 5) is 43.0. The van der Waals surface area contributed by atoms with Gasteiger partial charge in [-0.1, -0.05) is 12.1 Å². The van der Waals surface area contributed by atoms with E-state index in [0.717, 1.165) is 9.21 Å². The van der Waals surface area contributed by atoms with E-state index in [2.05, 4.69) is 4.98 Å². The topological polar surface area (TPSA) is 134 Å². The van der Waals surface area contributed by atoms with Crippen LogP contribution in [0.1, 0.15) is 34.1 Å². The van der Waals surface area contributed by atoms with Crippen molar-refractivity contribution in [1.82, 2.24) is 9.88 Å². The zero-order chi connectivity index (χ0) is 26.1. The SMILES string of the molecule is COc1ccc(S(=O)(=O)N(c2cccnc2)C(C)(CCN2C(=O)c3ccccc3C2=O)C(=O)O)cc1. The monoisotopic (exact) mass is 509 g/mol. The summed E-state index contributed by atoms with van der Waals surface area (Å²) < 4.78 is 33.5. The predicted octanol–water partition coefficient (Wildman–Crippen LogP) is 2.82. The lowest BCUT2D eigenvalue weighted by Gasteiger charge is -2.39. The average molecular weight is 510 g/mol. The van der Waals surface area contributed by atoms with Gasteiger partial charge in [-0.05, 0) is 55.5 Å². The van der Waals surface area contributed by atoms with Gasteiger partial charge in [0.15, 0.2) is 5.54 Å². The zero-order valence-electron chi connectivity index (χ0n) is 19.5. The first kappa shape index (κ1) is 24.9. The molecule has 10 nitrogen and oxygen atoms in total. The Morgan fingerprint density at radius 2 is 1.64 bits per heavy atom. The van der Waals surface area contributed by atoms with Crippen molar-refractivity contribution >= 4 is 33.5 Å². The molecule has 4 rings (SSSR count). The molecule has 1 aliphatic heterocycles. The van der Waals surface area contributed by atoms with Crippen LogP contribution >= 0.6 is 0 Å². The molecule has 0 fully saturated rings. The van der Waals surface area contributed by atoms with E-state index in [0.29, 0.717) is 5.75 Å². The maximum Gasteiger partial charge on any atom is 0.330 e. The van der Waals surface area contributed by atoms with E-state index >= 15 is 0 Å². The molecule has 0 saturated heterocycles. The molecule has 1 aliphatic rings. The molecule has 2 heterocycles. The first-order chi connectivity index (χ1) is 17.1. The van der Waals surface area contributed by atoms with Gasteiger partial charge in [0.05, 0.1) is 35.0 Å². The fourth-order valence-electron chi connectivity index (χ4n) is 4.08. The number of ether oxygens (including phenoxy) is 1. The number of benzene rings is 2. The zero-order valence-corrected chi connectivity index (χ0v) is 20.3. The number of sulfonamides is 1. The van der Waals surface area contributed by atoms with Crippen molar-refractivity contribution in [3.63, 3.8) is 0 Å². The highest BCUT2D eigenvalue weighted by atomic mass is 32.2. The number of carbonyl (C=O) groups excluding carboxylic acids is 2. The third-order valence-electron chi connectivity index (χ3n) is 6.09. The van der Waals surface area contributed by atoms with E-state index in [1.165, 1.54) is 75.0 Å². The van der Waals surface area contributed by atoms with Crippen molar-refractivity contribution < 1.29 is 32.6 Å². The Morgan fingerprint density at radius 3 is 2.14 bits per heavy atom. The molecule has 2 amide bonds. The molecule has 0 aliphatic carbocycles. The van der Waals surface area contributed by atoms with E-state index in [1.54, 1.807) is 12.1 Å². The minimum absolute atomic E-state index is 0.0144. The van der Waals surface area contributed by atoms with Gasteiger partial charge >= 0.3 is 5.97 Å². The van der Waals surface area contributed by atoms with Crippen LogP contribution in [0.5, 0.6) is 5.75 Å². The summed E-state index contributed by atoms with van der Waals surface area (Å²) in [5.74, 6) is -2.16. The Kier molecular flexibility index (Phi) is 6.51. The number of carboxylic acids is 1. The first-order valence-electron chi connectivity index (χ1n) is 10.9. The van der Waals surface area contributed by atoms with Crippen molar-refractivity contribution in [2.75, 3.05) is 18.0 Å². The van der Waals surface area contributed by atoms with Gasteiger partial charge in [0, 0.05) is 19.2 Å². The van der Waals surface area contributed by atoms with Gasteiger partial charge in [0.25, 0.3) is 21.8 Å². The number of pyridine rings is 1. The largest absolute Gasteiger partial charge is 0.497 e. The molecule has 0 saturated carbocycles. The van der Waals surface area contributed by atoms with Crippen LogP contribution in [-0.4, -0.2) is 60.4 Å². The van der Waals surface area contributed by atoms with Crippen molar-refractivity contribution in [2.45, 2.75) is 23.8 Å². The van der Waals surface area contributed by atoms with E-state index in [-0.39, 0.29) is 34.7 Å². The Labute approximate surface area is 207 Å².